The number of rotatable bonds is 3. The lowest BCUT2D eigenvalue weighted by Gasteiger charge is -2.21. The van der Waals surface area contributed by atoms with E-state index in [1.165, 1.54) is 0 Å². The van der Waals surface area contributed by atoms with Gasteiger partial charge in [-0.15, -0.1) is 11.8 Å². The Bertz CT molecular complexity index is 125. The van der Waals surface area contributed by atoms with Crippen LogP contribution in [0.3, 0.4) is 0 Å². The summed E-state index contributed by atoms with van der Waals surface area (Å²) in [6.45, 7) is 0. The van der Waals surface area contributed by atoms with Gasteiger partial charge in [-0.3, -0.25) is 0 Å². The van der Waals surface area contributed by atoms with Gasteiger partial charge in [0.25, 0.3) is 3.67 Å². The van der Waals surface area contributed by atoms with Crippen molar-refractivity contribution in [2.24, 2.45) is 0 Å². The highest BCUT2D eigenvalue weighted by molar-refractivity contribution is 8.03. The SMILES string of the molecule is FC(F)(F)C(Cl)(Cl)SCC[S]. The lowest BCUT2D eigenvalue weighted by atomic mass is 10.8. The number of hydrogen-bond acceptors (Lipinski definition) is 1. The zero-order valence-corrected chi connectivity index (χ0v) is 8.27. The number of halogens is 5. The quantitative estimate of drug-likeness (QED) is 0.683. The summed E-state index contributed by atoms with van der Waals surface area (Å²) in [5.41, 5.74) is 0. The van der Waals surface area contributed by atoms with Crippen molar-refractivity contribution < 1.29 is 13.2 Å². The third kappa shape index (κ3) is 4.01. The van der Waals surface area contributed by atoms with Gasteiger partial charge in [0.1, 0.15) is 0 Å². The first kappa shape index (κ1) is 12.1. The summed E-state index contributed by atoms with van der Waals surface area (Å²) in [5.74, 6) is 0.309. The maximum absolute atomic E-state index is 11.8. The smallest absolute Gasteiger partial charge is 0.167 e. The van der Waals surface area contributed by atoms with Crippen molar-refractivity contribution in [1.29, 1.82) is 0 Å². The van der Waals surface area contributed by atoms with Crippen LogP contribution in [0.25, 0.3) is 0 Å². The normalized spacial score (nSPS) is 13.6. The highest BCUT2D eigenvalue weighted by Crippen LogP contribution is 2.48. The summed E-state index contributed by atoms with van der Waals surface area (Å²) < 4.78 is 32.8. The van der Waals surface area contributed by atoms with E-state index in [2.05, 4.69) is 12.6 Å². The second-order valence-corrected chi connectivity index (χ2v) is 5.06. The van der Waals surface area contributed by atoms with Gasteiger partial charge in [0, 0.05) is 11.5 Å². The molecule has 0 aromatic heterocycles. The molecule has 0 aliphatic heterocycles. The van der Waals surface area contributed by atoms with Crippen LogP contribution in [-0.4, -0.2) is 21.3 Å². The van der Waals surface area contributed by atoms with Gasteiger partial charge in [-0.2, -0.15) is 13.2 Å². The Morgan fingerprint density at radius 3 is 2.00 bits per heavy atom. The maximum atomic E-state index is 11.8. The molecule has 0 saturated heterocycles. The molecule has 0 heterocycles. The lowest BCUT2D eigenvalue weighted by molar-refractivity contribution is -0.122. The minimum absolute atomic E-state index is 0.113. The van der Waals surface area contributed by atoms with Gasteiger partial charge in [-0.1, -0.05) is 35.8 Å². The van der Waals surface area contributed by atoms with Crippen LogP contribution in [0, 0.1) is 0 Å². The summed E-state index contributed by atoms with van der Waals surface area (Å²) >= 11 is 14.7. The van der Waals surface area contributed by atoms with Crippen LogP contribution in [0.5, 0.6) is 0 Å². The lowest BCUT2D eigenvalue weighted by Crippen LogP contribution is -2.30. The highest BCUT2D eigenvalue weighted by atomic mass is 35.5. The van der Waals surface area contributed by atoms with Crippen molar-refractivity contribution in [1.82, 2.24) is 0 Å². The molecule has 7 heteroatoms. The Morgan fingerprint density at radius 1 is 1.27 bits per heavy atom. The molecule has 0 aromatic carbocycles. The van der Waals surface area contributed by atoms with Crippen LogP contribution < -0.4 is 0 Å². The minimum atomic E-state index is -4.61. The van der Waals surface area contributed by atoms with Gasteiger partial charge < -0.3 is 0 Å². The second kappa shape index (κ2) is 4.35. The van der Waals surface area contributed by atoms with Crippen LogP contribution in [0.15, 0.2) is 0 Å². The van der Waals surface area contributed by atoms with Gasteiger partial charge in [0.2, 0.25) is 0 Å². The third-order valence-corrected chi connectivity index (χ3v) is 3.24. The molecule has 0 rings (SSSR count). The van der Waals surface area contributed by atoms with Crippen molar-refractivity contribution in [3.05, 3.63) is 0 Å². The number of alkyl halides is 5. The molecular weight excluding hydrogens is 240 g/mol. The Labute approximate surface area is 82.2 Å². The van der Waals surface area contributed by atoms with E-state index < -0.39 is 9.84 Å². The van der Waals surface area contributed by atoms with E-state index in [4.69, 9.17) is 23.2 Å². The fourth-order valence-electron chi connectivity index (χ4n) is 0.252. The van der Waals surface area contributed by atoms with Crippen LogP contribution in [0.2, 0.25) is 0 Å². The molecule has 0 nitrogen and oxygen atoms in total. The summed E-state index contributed by atoms with van der Waals surface area (Å²) in [5, 5.41) is 0. The van der Waals surface area contributed by atoms with Gasteiger partial charge in [0.15, 0.2) is 0 Å². The first-order valence-corrected chi connectivity index (χ1v) is 4.80. The first-order valence-electron chi connectivity index (χ1n) is 2.48. The standard InChI is InChI=1S/C4H4Cl2F3S2/c5-3(6,4(7,8)9)11-2-1-10/h1-2H2. The van der Waals surface area contributed by atoms with Crippen LogP contribution in [0.4, 0.5) is 13.2 Å². The van der Waals surface area contributed by atoms with Crippen molar-refractivity contribution in [2.75, 3.05) is 11.5 Å². The average molecular weight is 244 g/mol. The monoisotopic (exact) mass is 243 g/mol. The molecule has 0 amide bonds. The maximum Gasteiger partial charge on any atom is 0.431 e. The van der Waals surface area contributed by atoms with E-state index >= 15 is 0 Å². The van der Waals surface area contributed by atoms with Crippen LogP contribution >= 0.6 is 47.6 Å². The first-order chi connectivity index (χ1) is 4.81. The Morgan fingerprint density at radius 2 is 1.73 bits per heavy atom. The fourth-order valence-corrected chi connectivity index (χ4v) is 1.47. The summed E-state index contributed by atoms with van der Waals surface area (Å²) in [7, 11) is 0. The Balaban J connectivity index is 4.00. The van der Waals surface area contributed by atoms with Crippen molar-refractivity contribution in [2.45, 2.75) is 9.84 Å². The molecular formula is C4H4Cl2F3S2. The fraction of sp³-hybridized carbons (Fsp3) is 1.00. The molecule has 0 atom stereocenters. The van der Waals surface area contributed by atoms with E-state index in [0.717, 1.165) is 0 Å². The van der Waals surface area contributed by atoms with E-state index in [1.807, 2.05) is 0 Å². The molecule has 0 unspecified atom stereocenters. The van der Waals surface area contributed by atoms with Crippen molar-refractivity contribution in [3.8, 4) is 0 Å². The molecule has 0 bridgehead atoms. The number of hydrogen-bond donors (Lipinski definition) is 0. The van der Waals surface area contributed by atoms with E-state index in [0.29, 0.717) is 11.8 Å². The summed E-state index contributed by atoms with van der Waals surface area (Å²) in [4.78, 5) is 0. The number of thioether (sulfide) groups is 1. The zero-order chi connectivity index (χ0) is 9.12. The van der Waals surface area contributed by atoms with Crippen LogP contribution in [0.1, 0.15) is 0 Å². The predicted molar refractivity (Wildman–Crippen MR) is 45.4 cm³/mol. The molecule has 0 fully saturated rings. The molecule has 0 aromatic rings. The van der Waals surface area contributed by atoms with E-state index in [1.54, 1.807) is 0 Å². The molecule has 11 heavy (non-hydrogen) atoms. The van der Waals surface area contributed by atoms with Gasteiger partial charge in [0.05, 0.1) is 0 Å². The Kier molecular flexibility index (Phi) is 4.77. The molecule has 1 radical (unpaired) electrons. The van der Waals surface area contributed by atoms with Crippen molar-refractivity contribution in [3.63, 3.8) is 0 Å². The summed E-state index contributed by atoms with van der Waals surface area (Å²) in [6, 6.07) is 0. The van der Waals surface area contributed by atoms with E-state index in [9.17, 15) is 13.2 Å². The molecule has 0 saturated carbocycles. The molecule has 0 N–H and O–H groups in total. The zero-order valence-electron chi connectivity index (χ0n) is 5.12. The molecule has 0 spiro atoms. The minimum Gasteiger partial charge on any atom is -0.167 e. The van der Waals surface area contributed by atoms with Gasteiger partial charge in [-0.25, -0.2) is 0 Å². The molecule has 67 valence electrons. The van der Waals surface area contributed by atoms with E-state index in [-0.39, 0.29) is 11.5 Å². The largest absolute Gasteiger partial charge is 0.431 e. The molecule has 0 aliphatic rings. The second-order valence-electron chi connectivity index (χ2n) is 1.57. The highest BCUT2D eigenvalue weighted by Gasteiger charge is 2.52. The van der Waals surface area contributed by atoms with Gasteiger partial charge in [-0.05, 0) is 0 Å². The van der Waals surface area contributed by atoms with Crippen LogP contribution in [-0.2, 0) is 0 Å². The van der Waals surface area contributed by atoms with Crippen molar-refractivity contribution >= 4 is 47.6 Å². The third-order valence-electron chi connectivity index (χ3n) is 0.697. The topological polar surface area (TPSA) is 0 Å². The van der Waals surface area contributed by atoms with Gasteiger partial charge >= 0.3 is 6.18 Å². The summed E-state index contributed by atoms with van der Waals surface area (Å²) in [6.07, 6.45) is -4.61. The Hall–Kier alpha value is 1.07. The predicted octanol–water partition coefficient (Wildman–Crippen LogP) is 3.61. The molecule has 0 aliphatic carbocycles. The average Bonchev–Trinajstić information content (AvgIpc) is 1.81.